The molecule has 3 nitrogen and oxygen atoms in total. The van der Waals surface area contributed by atoms with Crippen LogP contribution in [-0.4, -0.2) is 30.4 Å². The highest BCUT2D eigenvalue weighted by atomic mass is 35.5. The highest BCUT2D eigenvalue weighted by Crippen LogP contribution is 2.31. The van der Waals surface area contributed by atoms with E-state index in [2.05, 4.69) is 6.92 Å². The van der Waals surface area contributed by atoms with Crippen LogP contribution in [0.5, 0.6) is 0 Å². The Morgan fingerprint density at radius 1 is 1.65 bits per heavy atom. The Kier molecular flexibility index (Phi) is 4.84. The predicted molar refractivity (Wildman–Crippen MR) is 74.3 cm³/mol. The van der Waals surface area contributed by atoms with Gasteiger partial charge in [0.15, 0.2) is 0 Å². The van der Waals surface area contributed by atoms with Crippen LogP contribution in [-0.2, 0) is 0 Å². The quantitative estimate of drug-likeness (QED) is 0.911. The van der Waals surface area contributed by atoms with E-state index in [1.165, 1.54) is 11.3 Å². The van der Waals surface area contributed by atoms with Crippen LogP contribution in [0.3, 0.4) is 0 Å². The summed E-state index contributed by atoms with van der Waals surface area (Å²) in [6.45, 7) is 4.30. The van der Waals surface area contributed by atoms with Crippen molar-refractivity contribution in [3.05, 3.63) is 21.3 Å². The summed E-state index contributed by atoms with van der Waals surface area (Å²) in [6.07, 6.45) is 0.981. The molecular formula is C11H16Cl2N2OS. The van der Waals surface area contributed by atoms with E-state index in [1.807, 2.05) is 4.90 Å². The van der Waals surface area contributed by atoms with Gasteiger partial charge >= 0.3 is 0 Å². The second-order valence-electron chi connectivity index (χ2n) is 4.60. The largest absolute Gasteiger partial charge is 0.337 e. The smallest absolute Gasteiger partial charge is 0.263 e. The number of halogens is 2. The van der Waals surface area contributed by atoms with Crippen LogP contribution in [0.2, 0.25) is 4.34 Å². The van der Waals surface area contributed by atoms with Gasteiger partial charge in [0.2, 0.25) is 0 Å². The summed E-state index contributed by atoms with van der Waals surface area (Å²) in [5.41, 5.74) is 5.80. The molecule has 1 amide bonds. The van der Waals surface area contributed by atoms with E-state index in [4.69, 9.17) is 17.3 Å². The lowest BCUT2D eigenvalue weighted by Crippen LogP contribution is -2.34. The summed E-state index contributed by atoms with van der Waals surface area (Å²) in [4.78, 5) is 14.7. The lowest BCUT2D eigenvalue weighted by molar-refractivity contribution is 0.0781. The molecule has 1 atom stereocenters. The van der Waals surface area contributed by atoms with Crippen molar-refractivity contribution in [2.45, 2.75) is 13.3 Å². The van der Waals surface area contributed by atoms with Crippen molar-refractivity contribution in [1.82, 2.24) is 4.90 Å². The molecule has 2 rings (SSSR count). The van der Waals surface area contributed by atoms with Crippen LogP contribution in [0, 0.1) is 5.41 Å². The van der Waals surface area contributed by atoms with Gasteiger partial charge in [-0.25, -0.2) is 0 Å². The SMILES string of the molecule is CC1(CN)CCN(C(=O)c2ccc(Cl)s2)C1.Cl. The predicted octanol–water partition coefficient (Wildman–Crippen LogP) is 2.63. The van der Waals surface area contributed by atoms with Gasteiger partial charge in [-0.1, -0.05) is 18.5 Å². The van der Waals surface area contributed by atoms with E-state index >= 15 is 0 Å². The molecule has 1 saturated heterocycles. The lowest BCUT2D eigenvalue weighted by Gasteiger charge is -2.22. The maximum absolute atomic E-state index is 12.1. The fourth-order valence-corrected chi connectivity index (χ4v) is 2.96. The van der Waals surface area contributed by atoms with Crippen LogP contribution >= 0.6 is 35.3 Å². The minimum Gasteiger partial charge on any atom is -0.337 e. The minimum atomic E-state index is 0. The second kappa shape index (κ2) is 5.57. The third-order valence-electron chi connectivity index (χ3n) is 3.12. The number of thiophene rings is 1. The Bertz CT molecular complexity index is 410. The Labute approximate surface area is 116 Å². The van der Waals surface area contributed by atoms with Gasteiger partial charge in [0, 0.05) is 13.1 Å². The molecule has 1 aromatic heterocycles. The lowest BCUT2D eigenvalue weighted by atomic mass is 9.90. The zero-order valence-corrected chi connectivity index (χ0v) is 12.0. The topological polar surface area (TPSA) is 46.3 Å². The van der Waals surface area contributed by atoms with Crippen LogP contribution in [0.25, 0.3) is 0 Å². The molecular weight excluding hydrogens is 279 g/mol. The first-order valence-electron chi connectivity index (χ1n) is 5.29. The van der Waals surface area contributed by atoms with E-state index < -0.39 is 0 Å². The van der Waals surface area contributed by atoms with E-state index in [1.54, 1.807) is 12.1 Å². The standard InChI is InChI=1S/C11H15ClN2OS.ClH/c1-11(6-13)4-5-14(7-11)10(15)8-2-3-9(12)16-8;/h2-3H,4-7,13H2,1H3;1H. The molecule has 2 N–H and O–H groups in total. The molecule has 1 aliphatic heterocycles. The zero-order valence-electron chi connectivity index (χ0n) is 9.61. The Hall–Kier alpha value is -0.290. The molecule has 1 aliphatic rings. The summed E-state index contributed by atoms with van der Waals surface area (Å²) in [5.74, 6) is 0.0778. The van der Waals surface area contributed by atoms with Gasteiger partial charge in [0.25, 0.3) is 5.91 Å². The van der Waals surface area contributed by atoms with Crippen LogP contribution in [0.4, 0.5) is 0 Å². The Balaban J connectivity index is 0.00000144. The van der Waals surface area contributed by atoms with Crippen LogP contribution in [0.15, 0.2) is 12.1 Å². The fourth-order valence-electron chi connectivity index (χ4n) is 1.95. The van der Waals surface area contributed by atoms with Gasteiger partial charge < -0.3 is 10.6 Å². The van der Waals surface area contributed by atoms with E-state index in [9.17, 15) is 4.79 Å². The molecule has 1 unspecified atom stereocenters. The van der Waals surface area contributed by atoms with E-state index in [0.29, 0.717) is 15.8 Å². The van der Waals surface area contributed by atoms with Gasteiger partial charge in [-0.3, -0.25) is 4.79 Å². The van der Waals surface area contributed by atoms with Gasteiger partial charge in [-0.15, -0.1) is 23.7 Å². The molecule has 0 aliphatic carbocycles. The number of rotatable bonds is 2. The maximum Gasteiger partial charge on any atom is 0.263 e. The number of hydrogen-bond acceptors (Lipinski definition) is 3. The molecule has 6 heteroatoms. The average Bonchev–Trinajstić information content (AvgIpc) is 2.85. The van der Waals surface area contributed by atoms with E-state index in [0.717, 1.165) is 19.5 Å². The first-order chi connectivity index (χ1) is 7.54. The van der Waals surface area contributed by atoms with Crippen molar-refractivity contribution in [3.63, 3.8) is 0 Å². The first-order valence-corrected chi connectivity index (χ1v) is 6.48. The van der Waals surface area contributed by atoms with Gasteiger partial charge in [0.05, 0.1) is 9.21 Å². The number of likely N-dealkylation sites (tertiary alicyclic amines) is 1. The molecule has 0 spiro atoms. The Morgan fingerprint density at radius 2 is 2.35 bits per heavy atom. The fraction of sp³-hybridized carbons (Fsp3) is 0.545. The highest BCUT2D eigenvalue weighted by molar-refractivity contribution is 7.17. The van der Waals surface area contributed by atoms with Crippen molar-refractivity contribution < 1.29 is 4.79 Å². The van der Waals surface area contributed by atoms with Crippen molar-refractivity contribution in [2.75, 3.05) is 19.6 Å². The third-order valence-corrected chi connectivity index (χ3v) is 4.34. The van der Waals surface area contributed by atoms with Crippen LogP contribution in [0.1, 0.15) is 23.0 Å². The van der Waals surface area contributed by atoms with Gasteiger partial charge in [-0.05, 0) is 30.5 Å². The monoisotopic (exact) mass is 294 g/mol. The summed E-state index contributed by atoms with van der Waals surface area (Å²) in [6, 6.07) is 3.55. The molecule has 0 radical (unpaired) electrons. The molecule has 96 valence electrons. The summed E-state index contributed by atoms with van der Waals surface area (Å²) >= 11 is 7.16. The number of hydrogen-bond donors (Lipinski definition) is 1. The first kappa shape index (κ1) is 14.8. The second-order valence-corrected chi connectivity index (χ2v) is 6.31. The number of amides is 1. The summed E-state index contributed by atoms with van der Waals surface area (Å²) < 4.78 is 0.657. The number of carbonyl (C=O) groups excluding carboxylic acids is 1. The molecule has 1 aromatic rings. The van der Waals surface area contributed by atoms with Crippen molar-refractivity contribution >= 4 is 41.3 Å². The summed E-state index contributed by atoms with van der Waals surface area (Å²) in [5, 5.41) is 0. The number of nitrogens with zero attached hydrogens (tertiary/aromatic N) is 1. The van der Waals surface area contributed by atoms with Crippen molar-refractivity contribution in [3.8, 4) is 0 Å². The minimum absolute atomic E-state index is 0. The average molecular weight is 295 g/mol. The highest BCUT2D eigenvalue weighted by Gasteiger charge is 2.35. The Morgan fingerprint density at radius 3 is 2.82 bits per heavy atom. The van der Waals surface area contributed by atoms with Gasteiger partial charge in [-0.2, -0.15) is 0 Å². The number of nitrogens with two attached hydrogens (primary N) is 1. The molecule has 17 heavy (non-hydrogen) atoms. The molecule has 0 bridgehead atoms. The van der Waals surface area contributed by atoms with Crippen molar-refractivity contribution in [2.24, 2.45) is 11.1 Å². The van der Waals surface area contributed by atoms with E-state index in [-0.39, 0.29) is 23.7 Å². The molecule has 1 fully saturated rings. The molecule has 2 heterocycles. The molecule has 0 aromatic carbocycles. The zero-order chi connectivity index (χ0) is 11.8. The summed E-state index contributed by atoms with van der Waals surface area (Å²) in [7, 11) is 0. The normalized spacial score (nSPS) is 23.6. The third kappa shape index (κ3) is 3.13. The molecule has 0 saturated carbocycles. The van der Waals surface area contributed by atoms with Gasteiger partial charge in [0.1, 0.15) is 0 Å². The maximum atomic E-state index is 12.1. The van der Waals surface area contributed by atoms with Crippen molar-refractivity contribution in [1.29, 1.82) is 0 Å². The number of carbonyl (C=O) groups is 1. The van der Waals surface area contributed by atoms with Crippen LogP contribution < -0.4 is 5.73 Å².